The molecule has 1 aromatic carbocycles. The minimum Gasteiger partial charge on any atom is -0.396 e. The van der Waals surface area contributed by atoms with Crippen molar-refractivity contribution in [2.24, 2.45) is 0 Å². The number of aliphatic hydroxyl groups excluding tert-OH is 1. The van der Waals surface area contributed by atoms with E-state index in [1.807, 2.05) is 0 Å². The quantitative estimate of drug-likeness (QED) is 0.796. The van der Waals surface area contributed by atoms with E-state index in [9.17, 15) is 5.11 Å². The molecule has 1 aliphatic carbocycles. The summed E-state index contributed by atoms with van der Waals surface area (Å²) in [6.45, 7) is 1.29. The topological polar surface area (TPSA) is 23.5 Å². The van der Waals surface area contributed by atoms with Crippen LogP contribution in [0, 0.1) is 0 Å². The molecule has 2 heteroatoms. The van der Waals surface area contributed by atoms with Crippen molar-refractivity contribution >= 4 is 5.69 Å². The van der Waals surface area contributed by atoms with Gasteiger partial charge in [-0.1, -0.05) is 18.2 Å². The van der Waals surface area contributed by atoms with Crippen LogP contribution in [0.3, 0.4) is 0 Å². The molecular formula is C13H17NO. The molecule has 3 rings (SSSR count). The van der Waals surface area contributed by atoms with Gasteiger partial charge in [0.25, 0.3) is 0 Å². The number of anilines is 1. The lowest BCUT2D eigenvalue weighted by molar-refractivity contribution is 0.266. The van der Waals surface area contributed by atoms with E-state index in [-0.39, 0.29) is 6.61 Å². The Kier molecular flexibility index (Phi) is 2.17. The Bertz CT molecular complexity index is 359. The average Bonchev–Trinajstić information content (AvgIpc) is 2.55. The van der Waals surface area contributed by atoms with Gasteiger partial charge in [-0.25, -0.2) is 0 Å². The summed E-state index contributed by atoms with van der Waals surface area (Å²) in [7, 11) is 0. The molecule has 0 saturated heterocycles. The minimum atomic E-state index is 0.278. The highest BCUT2D eigenvalue weighted by molar-refractivity contribution is 5.61. The molecule has 2 aliphatic rings. The van der Waals surface area contributed by atoms with Gasteiger partial charge in [0.2, 0.25) is 0 Å². The maximum absolute atomic E-state index is 9.38. The molecule has 1 aromatic rings. The van der Waals surface area contributed by atoms with Crippen LogP contribution in [0.4, 0.5) is 5.69 Å². The molecule has 0 bridgehead atoms. The summed E-state index contributed by atoms with van der Waals surface area (Å²) < 4.78 is 0. The normalized spacial score (nSPS) is 25.1. The maximum Gasteiger partial charge on any atom is 0.0517 e. The molecule has 2 nitrogen and oxygen atoms in total. The van der Waals surface area contributed by atoms with Crippen molar-refractivity contribution in [3.63, 3.8) is 0 Å². The number of hydrogen-bond acceptors (Lipinski definition) is 2. The SMILES string of the molecule is OCC1CN(C2CCC2)c2ccccc21. The first-order valence-corrected chi connectivity index (χ1v) is 5.86. The Morgan fingerprint density at radius 1 is 1.27 bits per heavy atom. The van der Waals surface area contributed by atoms with Gasteiger partial charge in [0.15, 0.2) is 0 Å². The molecular weight excluding hydrogens is 186 g/mol. The van der Waals surface area contributed by atoms with Gasteiger partial charge in [-0.15, -0.1) is 0 Å². The number of aliphatic hydroxyl groups is 1. The van der Waals surface area contributed by atoms with Gasteiger partial charge in [0, 0.05) is 24.2 Å². The highest BCUT2D eigenvalue weighted by Gasteiger charge is 2.34. The standard InChI is InChI=1S/C13H17NO/c15-9-10-8-14(11-4-3-5-11)13-7-2-1-6-12(10)13/h1-2,6-7,10-11,15H,3-5,8-9H2. The predicted octanol–water partition coefficient (Wildman–Crippen LogP) is 2.13. The molecule has 1 saturated carbocycles. The molecule has 15 heavy (non-hydrogen) atoms. The van der Waals surface area contributed by atoms with Crippen molar-refractivity contribution in [3.8, 4) is 0 Å². The molecule has 1 atom stereocenters. The predicted molar refractivity (Wildman–Crippen MR) is 61.3 cm³/mol. The van der Waals surface area contributed by atoms with E-state index in [1.54, 1.807) is 0 Å². The third-order valence-electron chi connectivity index (χ3n) is 3.84. The Labute approximate surface area is 90.5 Å². The molecule has 1 unspecified atom stereocenters. The summed E-state index contributed by atoms with van der Waals surface area (Å²) in [6.07, 6.45) is 4.02. The molecule has 0 radical (unpaired) electrons. The second kappa shape index (κ2) is 3.53. The first kappa shape index (κ1) is 9.22. The lowest BCUT2D eigenvalue weighted by Gasteiger charge is -2.37. The molecule has 0 amide bonds. The fraction of sp³-hybridized carbons (Fsp3) is 0.538. The summed E-state index contributed by atoms with van der Waals surface area (Å²) in [5.74, 6) is 0.335. The van der Waals surface area contributed by atoms with Crippen LogP contribution < -0.4 is 4.90 Å². The van der Waals surface area contributed by atoms with E-state index >= 15 is 0 Å². The number of fused-ring (bicyclic) bond motifs is 1. The van der Waals surface area contributed by atoms with Crippen LogP contribution in [-0.4, -0.2) is 24.3 Å². The molecule has 0 aromatic heterocycles. The van der Waals surface area contributed by atoms with E-state index in [1.165, 1.54) is 30.5 Å². The molecule has 80 valence electrons. The van der Waals surface area contributed by atoms with Crippen LogP contribution in [0.1, 0.15) is 30.7 Å². The van der Waals surface area contributed by atoms with Gasteiger partial charge in [-0.3, -0.25) is 0 Å². The minimum absolute atomic E-state index is 0.278. The summed E-state index contributed by atoms with van der Waals surface area (Å²) in [5, 5.41) is 9.38. The van der Waals surface area contributed by atoms with Crippen LogP contribution >= 0.6 is 0 Å². The highest BCUT2D eigenvalue weighted by Crippen LogP contribution is 2.40. The van der Waals surface area contributed by atoms with E-state index in [0.29, 0.717) is 5.92 Å². The van der Waals surface area contributed by atoms with E-state index in [4.69, 9.17) is 0 Å². The van der Waals surface area contributed by atoms with Crippen LogP contribution in [-0.2, 0) is 0 Å². The Balaban J connectivity index is 1.94. The number of hydrogen-bond donors (Lipinski definition) is 1. The molecule has 1 fully saturated rings. The van der Waals surface area contributed by atoms with Gasteiger partial charge in [0.1, 0.15) is 0 Å². The van der Waals surface area contributed by atoms with Gasteiger partial charge in [-0.2, -0.15) is 0 Å². The monoisotopic (exact) mass is 203 g/mol. The van der Waals surface area contributed by atoms with Gasteiger partial charge in [-0.05, 0) is 30.9 Å². The Morgan fingerprint density at radius 3 is 2.73 bits per heavy atom. The molecule has 1 aliphatic heterocycles. The molecule has 1 heterocycles. The second-order valence-corrected chi connectivity index (χ2v) is 4.68. The fourth-order valence-electron chi connectivity index (χ4n) is 2.73. The summed E-state index contributed by atoms with van der Waals surface area (Å²) in [6, 6.07) is 9.27. The Hall–Kier alpha value is -1.02. The summed E-state index contributed by atoms with van der Waals surface area (Å²) in [5.41, 5.74) is 2.70. The largest absolute Gasteiger partial charge is 0.396 e. The van der Waals surface area contributed by atoms with Crippen molar-refractivity contribution in [3.05, 3.63) is 29.8 Å². The lowest BCUT2D eigenvalue weighted by Crippen LogP contribution is -2.39. The highest BCUT2D eigenvalue weighted by atomic mass is 16.3. The van der Waals surface area contributed by atoms with E-state index in [0.717, 1.165) is 12.6 Å². The molecule has 0 spiro atoms. The van der Waals surface area contributed by atoms with Crippen molar-refractivity contribution < 1.29 is 5.11 Å². The number of rotatable bonds is 2. The number of benzene rings is 1. The third kappa shape index (κ3) is 1.36. The number of para-hydroxylation sites is 1. The third-order valence-corrected chi connectivity index (χ3v) is 3.84. The van der Waals surface area contributed by atoms with Crippen LogP contribution in [0.2, 0.25) is 0 Å². The first-order valence-electron chi connectivity index (χ1n) is 5.86. The zero-order valence-corrected chi connectivity index (χ0v) is 8.89. The van der Waals surface area contributed by atoms with E-state index in [2.05, 4.69) is 29.2 Å². The van der Waals surface area contributed by atoms with Crippen molar-refractivity contribution in [2.45, 2.75) is 31.2 Å². The van der Waals surface area contributed by atoms with Gasteiger partial charge >= 0.3 is 0 Å². The average molecular weight is 203 g/mol. The van der Waals surface area contributed by atoms with Crippen LogP contribution in [0.25, 0.3) is 0 Å². The van der Waals surface area contributed by atoms with Gasteiger partial charge in [0.05, 0.1) is 6.61 Å². The van der Waals surface area contributed by atoms with Gasteiger partial charge < -0.3 is 10.0 Å². The van der Waals surface area contributed by atoms with E-state index < -0.39 is 0 Å². The zero-order valence-electron chi connectivity index (χ0n) is 8.89. The zero-order chi connectivity index (χ0) is 10.3. The fourth-order valence-corrected chi connectivity index (χ4v) is 2.73. The summed E-state index contributed by atoms with van der Waals surface area (Å²) >= 11 is 0. The van der Waals surface area contributed by atoms with Crippen molar-refractivity contribution in [2.75, 3.05) is 18.1 Å². The van der Waals surface area contributed by atoms with Crippen molar-refractivity contribution in [1.82, 2.24) is 0 Å². The number of nitrogens with zero attached hydrogens (tertiary/aromatic N) is 1. The summed E-state index contributed by atoms with van der Waals surface area (Å²) in [4.78, 5) is 2.50. The Morgan fingerprint density at radius 2 is 2.07 bits per heavy atom. The van der Waals surface area contributed by atoms with Crippen molar-refractivity contribution in [1.29, 1.82) is 0 Å². The van der Waals surface area contributed by atoms with Crippen LogP contribution in [0.5, 0.6) is 0 Å². The van der Waals surface area contributed by atoms with Crippen LogP contribution in [0.15, 0.2) is 24.3 Å². The smallest absolute Gasteiger partial charge is 0.0517 e. The first-order chi connectivity index (χ1) is 7.40. The maximum atomic E-state index is 9.38. The second-order valence-electron chi connectivity index (χ2n) is 4.68. The molecule has 1 N–H and O–H groups in total. The lowest BCUT2D eigenvalue weighted by atomic mass is 9.91.